The zero-order valence-electron chi connectivity index (χ0n) is 5.55. The Labute approximate surface area is 56.0 Å². The Morgan fingerprint density at radius 2 is 2.11 bits per heavy atom. The van der Waals surface area contributed by atoms with Crippen molar-refractivity contribution in [2.24, 2.45) is 0 Å². The Morgan fingerprint density at radius 3 is 3.11 bits per heavy atom. The molecule has 0 amide bonds. The quantitative estimate of drug-likeness (QED) is 0.481. The van der Waals surface area contributed by atoms with Crippen molar-refractivity contribution in [1.82, 2.24) is 0 Å². The van der Waals surface area contributed by atoms with Crippen LogP contribution in [0.4, 0.5) is 0 Å². The van der Waals surface area contributed by atoms with Gasteiger partial charge in [-0.2, -0.15) is 0 Å². The molecule has 1 heteroatoms. The first-order valence-electron chi connectivity index (χ1n) is 3.43. The predicted octanol–water partition coefficient (Wildman–Crippen LogP) is 2.26. The summed E-state index contributed by atoms with van der Waals surface area (Å²) in [4.78, 5) is 0. The summed E-state index contributed by atoms with van der Waals surface area (Å²) in [6.07, 6.45) is 11.5. The van der Waals surface area contributed by atoms with Gasteiger partial charge in [0.1, 0.15) is 0 Å². The molecule has 1 heterocycles. The van der Waals surface area contributed by atoms with Crippen LogP contribution in [0, 0.1) is 0 Å². The Balaban J connectivity index is 2.28. The van der Waals surface area contributed by atoms with Gasteiger partial charge in [-0.15, -0.1) is 0 Å². The maximum Gasteiger partial charge on any atom is 0.0873 e. The van der Waals surface area contributed by atoms with Gasteiger partial charge in [-0.3, -0.25) is 0 Å². The van der Waals surface area contributed by atoms with Gasteiger partial charge >= 0.3 is 0 Å². The lowest BCUT2D eigenvalue weighted by molar-refractivity contribution is 0.243. The van der Waals surface area contributed by atoms with Gasteiger partial charge in [0, 0.05) is 0 Å². The molecule has 1 aliphatic heterocycles. The first-order chi connectivity index (χ1) is 4.50. The SMILES string of the molecule is C1=C\OCCCC/C=C/1. The second-order valence-electron chi connectivity index (χ2n) is 2.12. The largest absolute Gasteiger partial charge is 0.501 e. The fraction of sp³-hybridized carbons (Fsp3) is 0.500. The smallest absolute Gasteiger partial charge is 0.0873 e. The highest BCUT2D eigenvalue weighted by Crippen LogP contribution is 1.99. The van der Waals surface area contributed by atoms with Crippen molar-refractivity contribution in [3.8, 4) is 0 Å². The molecule has 0 bridgehead atoms. The number of allylic oxidation sites excluding steroid dienone is 3. The van der Waals surface area contributed by atoms with Crippen molar-refractivity contribution in [2.45, 2.75) is 19.3 Å². The van der Waals surface area contributed by atoms with E-state index >= 15 is 0 Å². The lowest BCUT2D eigenvalue weighted by atomic mass is 10.2. The van der Waals surface area contributed by atoms with Crippen LogP contribution in [0.2, 0.25) is 0 Å². The fourth-order valence-electron chi connectivity index (χ4n) is 0.791. The Morgan fingerprint density at radius 1 is 1.11 bits per heavy atom. The van der Waals surface area contributed by atoms with Crippen LogP contribution in [0.25, 0.3) is 0 Å². The number of hydrogen-bond acceptors (Lipinski definition) is 1. The molecular weight excluding hydrogens is 112 g/mol. The van der Waals surface area contributed by atoms with E-state index in [-0.39, 0.29) is 0 Å². The van der Waals surface area contributed by atoms with Gasteiger partial charge in [-0.25, -0.2) is 0 Å². The van der Waals surface area contributed by atoms with Gasteiger partial charge in [0.15, 0.2) is 0 Å². The lowest BCUT2D eigenvalue weighted by Crippen LogP contribution is -1.84. The zero-order valence-corrected chi connectivity index (χ0v) is 5.55. The fourth-order valence-corrected chi connectivity index (χ4v) is 0.791. The third kappa shape index (κ3) is 2.96. The highest BCUT2D eigenvalue weighted by Gasteiger charge is 1.86. The minimum Gasteiger partial charge on any atom is -0.501 e. The van der Waals surface area contributed by atoms with Crippen LogP contribution in [0.3, 0.4) is 0 Å². The van der Waals surface area contributed by atoms with Crippen LogP contribution >= 0.6 is 0 Å². The molecule has 0 saturated carbocycles. The highest BCUT2D eigenvalue weighted by molar-refractivity contribution is 4.99. The molecule has 0 radical (unpaired) electrons. The van der Waals surface area contributed by atoms with E-state index in [0.717, 1.165) is 6.61 Å². The first-order valence-corrected chi connectivity index (χ1v) is 3.43. The van der Waals surface area contributed by atoms with Gasteiger partial charge in [-0.1, -0.05) is 12.2 Å². The molecule has 0 saturated heterocycles. The molecule has 0 aromatic rings. The Bertz CT molecular complexity index is 99.7. The molecule has 1 rings (SSSR count). The van der Waals surface area contributed by atoms with E-state index in [1.54, 1.807) is 6.26 Å². The summed E-state index contributed by atoms with van der Waals surface area (Å²) in [7, 11) is 0. The van der Waals surface area contributed by atoms with Crippen molar-refractivity contribution >= 4 is 0 Å². The number of ether oxygens (including phenoxy) is 1. The maximum absolute atomic E-state index is 5.12. The summed E-state index contributed by atoms with van der Waals surface area (Å²) in [5.74, 6) is 0. The van der Waals surface area contributed by atoms with Crippen molar-refractivity contribution in [3.05, 3.63) is 24.5 Å². The van der Waals surface area contributed by atoms with E-state index in [4.69, 9.17) is 4.74 Å². The molecule has 0 N–H and O–H groups in total. The van der Waals surface area contributed by atoms with Crippen molar-refractivity contribution in [1.29, 1.82) is 0 Å². The second kappa shape index (κ2) is 4.19. The van der Waals surface area contributed by atoms with Gasteiger partial charge in [0.2, 0.25) is 0 Å². The van der Waals surface area contributed by atoms with Crippen molar-refractivity contribution in [2.75, 3.05) is 6.61 Å². The monoisotopic (exact) mass is 124 g/mol. The molecular formula is C8H12O. The summed E-state index contributed by atoms with van der Waals surface area (Å²) in [5, 5.41) is 0. The van der Waals surface area contributed by atoms with E-state index in [0.29, 0.717) is 0 Å². The summed E-state index contributed by atoms with van der Waals surface area (Å²) in [6.45, 7) is 0.873. The second-order valence-corrected chi connectivity index (χ2v) is 2.12. The van der Waals surface area contributed by atoms with Crippen LogP contribution in [-0.4, -0.2) is 6.61 Å². The molecule has 0 aliphatic carbocycles. The van der Waals surface area contributed by atoms with Gasteiger partial charge < -0.3 is 4.74 Å². The molecule has 0 aromatic heterocycles. The van der Waals surface area contributed by atoms with E-state index in [2.05, 4.69) is 6.08 Å². The highest BCUT2D eigenvalue weighted by atomic mass is 16.5. The molecule has 9 heavy (non-hydrogen) atoms. The van der Waals surface area contributed by atoms with Crippen LogP contribution in [0.15, 0.2) is 24.5 Å². The third-order valence-corrected chi connectivity index (χ3v) is 1.30. The van der Waals surface area contributed by atoms with Gasteiger partial charge in [-0.05, 0) is 25.3 Å². The number of rotatable bonds is 0. The van der Waals surface area contributed by atoms with E-state index in [1.807, 2.05) is 12.2 Å². The zero-order chi connectivity index (χ0) is 6.36. The molecule has 0 spiro atoms. The minimum atomic E-state index is 0.873. The van der Waals surface area contributed by atoms with Crippen LogP contribution < -0.4 is 0 Å². The predicted molar refractivity (Wildman–Crippen MR) is 38.1 cm³/mol. The van der Waals surface area contributed by atoms with Gasteiger partial charge in [0.05, 0.1) is 12.9 Å². The van der Waals surface area contributed by atoms with E-state index in [9.17, 15) is 0 Å². The Kier molecular flexibility index (Phi) is 2.98. The molecule has 1 nitrogen and oxygen atoms in total. The van der Waals surface area contributed by atoms with Crippen molar-refractivity contribution < 1.29 is 4.74 Å². The topological polar surface area (TPSA) is 9.23 Å². The maximum atomic E-state index is 5.12. The van der Waals surface area contributed by atoms with Crippen LogP contribution in [-0.2, 0) is 4.74 Å². The van der Waals surface area contributed by atoms with Crippen LogP contribution in [0.5, 0.6) is 0 Å². The molecule has 1 aliphatic rings. The normalized spacial score (nSPS) is 26.7. The molecule has 0 fully saturated rings. The summed E-state index contributed by atoms with van der Waals surface area (Å²) in [6, 6.07) is 0. The first kappa shape index (κ1) is 6.40. The Hall–Kier alpha value is -0.720. The number of hydrogen-bond donors (Lipinski definition) is 0. The van der Waals surface area contributed by atoms with Crippen molar-refractivity contribution in [3.63, 3.8) is 0 Å². The lowest BCUT2D eigenvalue weighted by Gasteiger charge is -1.95. The summed E-state index contributed by atoms with van der Waals surface area (Å²) >= 11 is 0. The summed E-state index contributed by atoms with van der Waals surface area (Å²) < 4.78 is 5.12. The average molecular weight is 124 g/mol. The molecule has 0 unspecified atom stereocenters. The average Bonchev–Trinajstić information content (AvgIpc) is 2.00. The molecule has 0 atom stereocenters. The summed E-state index contributed by atoms with van der Waals surface area (Å²) in [5.41, 5.74) is 0. The molecule has 0 aromatic carbocycles. The van der Waals surface area contributed by atoms with E-state index < -0.39 is 0 Å². The van der Waals surface area contributed by atoms with E-state index in [1.165, 1.54) is 19.3 Å². The third-order valence-electron chi connectivity index (χ3n) is 1.30. The minimum absolute atomic E-state index is 0.873. The van der Waals surface area contributed by atoms with Crippen LogP contribution in [0.1, 0.15) is 19.3 Å². The standard InChI is InChI=1S/C8H12O/c1-2-4-6-8-9-7-5-3-1/h1,3,5,7H,2,4,6,8H2/b3-1+,7-5-. The molecule has 50 valence electrons. The van der Waals surface area contributed by atoms with Gasteiger partial charge in [0.25, 0.3) is 0 Å².